The van der Waals surface area contributed by atoms with E-state index in [0.717, 1.165) is 5.69 Å². The molecule has 1 amide bonds. The summed E-state index contributed by atoms with van der Waals surface area (Å²) < 4.78 is 10.4. The smallest absolute Gasteiger partial charge is 0.341 e. The van der Waals surface area contributed by atoms with Crippen LogP contribution >= 0.6 is 11.6 Å². The SMILES string of the molecule is COc1cc(/C=C(/C#N)C(=O)N2CCN(c3ccccc3)CC2)cc(Cl)c1OCC(=O)O. The van der Waals surface area contributed by atoms with Gasteiger partial charge < -0.3 is 24.4 Å². The summed E-state index contributed by atoms with van der Waals surface area (Å²) in [5.74, 6) is -1.24. The number of carboxylic acids is 1. The molecule has 2 aromatic rings. The maximum atomic E-state index is 12.9. The van der Waals surface area contributed by atoms with Crippen molar-refractivity contribution in [2.45, 2.75) is 0 Å². The lowest BCUT2D eigenvalue weighted by molar-refractivity contribution is -0.139. The third-order valence-electron chi connectivity index (χ3n) is 4.94. The molecule has 1 fully saturated rings. The number of anilines is 1. The molecule has 0 radical (unpaired) electrons. The number of aliphatic carboxylic acids is 1. The van der Waals surface area contributed by atoms with Crippen LogP contribution in [0.25, 0.3) is 6.08 Å². The van der Waals surface area contributed by atoms with E-state index in [-0.39, 0.29) is 28.0 Å². The van der Waals surface area contributed by atoms with Crippen molar-refractivity contribution in [2.75, 3.05) is 44.8 Å². The van der Waals surface area contributed by atoms with E-state index in [1.54, 1.807) is 4.90 Å². The van der Waals surface area contributed by atoms with Crippen LogP contribution in [0.5, 0.6) is 11.5 Å². The van der Waals surface area contributed by atoms with Gasteiger partial charge in [-0.3, -0.25) is 4.79 Å². The van der Waals surface area contributed by atoms with Crippen molar-refractivity contribution in [3.05, 3.63) is 58.6 Å². The molecule has 1 aliphatic rings. The summed E-state index contributed by atoms with van der Waals surface area (Å²) in [7, 11) is 1.38. The Morgan fingerprint density at radius 1 is 1.19 bits per heavy atom. The molecule has 0 atom stereocenters. The van der Waals surface area contributed by atoms with Gasteiger partial charge in [0.25, 0.3) is 5.91 Å². The number of methoxy groups -OCH3 is 1. The summed E-state index contributed by atoms with van der Waals surface area (Å²) in [4.78, 5) is 27.5. The van der Waals surface area contributed by atoms with Gasteiger partial charge in [-0.25, -0.2) is 4.79 Å². The van der Waals surface area contributed by atoms with E-state index in [2.05, 4.69) is 4.90 Å². The van der Waals surface area contributed by atoms with E-state index in [1.165, 1.54) is 25.3 Å². The van der Waals surface area contributed by atoms with Crippen molar-refractivity contribution in [3.63, 3.8) is 0 Å². The van der Waals surface area contributed by atoms with E-state index >= 15 is 0 Å². The summed E-state index contributed by atoms with van der Waals surface area (Å²) in [5, 5.41) is 18.5. The Kier molecular flexibility index (Phi) is 7.58. The van der Waals surface area contributed by atoms with Gasteiger partial charge in [-0.2, -0.15) is 5.26 Å². The Labute approximate surface area is 190 Å². The fourth-order valence-electron chi connectivity index (χ4n) is 3.38. The molecular weight excluding hydrogens is 434 g/mol. The van der Waals surface area contributed by atoms with Crippen molar-refractivity contribution in [3.8, 4) is 17.6 Å². The molecule has 8 nitrogen and oxygen atoms in total. The largest absolute Gasteiger partial charge is 0.493 e. The van der Waals surface area contributed by atoms with Crippen molar-refractivity contribution in [1.29, 1.82) is 5.26 Å². The number of rotatable bonds is 7. The Morgan fingerprint density at radius 2 is 1.88 bits per heavy atom. The number of carbonyl (C=O) groups is 2. The Morgan fingerprint density at radius 3 is 2.47 bits per heavy atom. The van der Waals surface area contributed by atoms with Gasteiger partial charge in [0.05, 0.1) is 12.1 Å². The first-order valence-electron chi connectivity index (χ1n) is 9.86. The van der Waals surface area contributed by atoms with E-state index in [9.17, 15) is 14.9 Å². The number of halogens is 1. The third kappa shape index (κ3) is 5.50. The highest BCUT2D eigenvalue weighted by Gasteiger charge is 2.24. The molecule has 0 unspecified atom stereocenters. The topological polar surface area (TPSA) is 103 Å². The minimum absolute atomic E-state index is 0.0320. The van der Waals surface area contributed by atoms with Gasteiger partial charge in [0.1, 0.15) is 11.6 Å². The van der Waals surface area contributed by atoms with Gasteiger partial charge in [-0.1, -0.05) is 29.8 Å². The summed E-state index contributed by atoms with van der Waals surface area (Å²) in [5.41, 5.74) is 1.53. The predicted molar refractivity (Wildman–Crippen MR) is 120 cm³/mol. The zero-order chi connectivity index (χ0) is 23.1. The number of hydrogen-bond donors (Lipinski definition) is 1. The second kappa shape index (κ2) is 10.6. The molecule has 0 bridgehead atoms. The maximum absolute atomic E-state index is 12.9. The summed E-state index contributed by atoms with van der Waals surface area (Å²) >= 11 is 6.21. The number of benzene rings is 2. The van der Waals surface area contributed by atoms with Crippen LogP contribution in [0.3, 0.4) is 0 Å². The van der Waals surface area contributed by atoms with Crippen LogP contribution in [-0.2, 0) is 9.59 Å². The minimum Gasteiger partial charge on any atom is -0.493 e. The van der Waals surface area contributed by atoms with Gasteiger partial charge in [0.2, 0.25) is 0 Å². The average Bonchev–Trinajstić information content (AvgIpc) is 2.81. The Hall–Kier alpha value is -3.70. The van der Waals surface area contributed by atoms with Gasteiger partial charge in [0.15, 0.2) is 18.1 Å². The lowest BCUT2D eigenvalue weighted by atomic mass is 10.1. The van der Waals surface area contributed by atoms with Crippen LogP contribution in [-0.4, -0.2) is 61.8 Å². The molecule has 3 rings (SSSR count). The van der Waals surface area contributed by atoms with E-state index in [4.69, 9.17) is 26.2 Å². The molecule has 0 aliphatic carbocycles. The Balaban J connectivity index is 1.74. The molecule has 0 saturated carbocycles. The van der Waals surface area contributed by atoms with E-state index in [1.807, 2.05) is 36.4 Å². The molecule has 2 aromatic carbocycles. The lowest BCUT2D eigenvalue weighted by Crippen LogP contribution is -2.49. The molecule has 0 spiro atoms. The summed E-state index contributed by atoms with van der Waals surface area (Å²) in [6.45, 7) is 1.76. The maximum Gasteiger partial charge on any atom is 0.341 e. The molecule has 1 N–H and O–H groups in total. The monoisotopic (exact) mass is 455 g/mol. The van der Waals surface area contributed by atoms with Crippen LogP contribution in [0.1, 0.15) is 5.56 Å². The minimum atomic E-state index is -1.16. The van der Waals surface area contributed by atoms with Crippen molar-refractivity contribution in [1.82, 2.24) is 4.90 Å². The number of para-hydroxylation sites is 1. The zero-order valence-corrected chi connectivity index (χ0v) is 18.2. The van der Waals surface area contributed by atoms with Gasteiger partial charge >= 0.3 is 5.97 Å². The molecule has 9 heteroatoms. The highest BCUT2D eigenvalue weighted by atomic mass is 35.5. The standard InChI is InChI=1S/C23H22ClN3O5/c1-31-20-13-16(12-19(24)22(20)32-15-21(28)29)11-17(14-25)23(30)27-9-7-26(8-10-27)18-5-3-2-4-6-18/h2-6,11-13H,7-10,15H2,1H3,(H,28,29)/b17-11-. The molecule has 1 heterocycles. The number of ether oxygens (including phenoxy) is 2. The summed E-state index contributed by atoms with van der Waals surface area (Å²) in [6, 6.07) is 14.9. The highest BCUT2D eigenvalue weighted by Crippen LogP contribution is 2.37. The van der Waals surface area contributed by atoms with Gasteiger partial charge in [0, 0.05) is 31.9 Å². The first-order valence-corrected chi connectivity index (χ1v) is 10.2. The molecule has 32 heavy (non-hydrogen) atoms. The Bertz CT molecular complexity index is 1060. The average molecular weight is 456 g/mol. The molecule has 1 aliphatic heterocycles. The first-order chi connectivity index (χ1) is 15.4. The molecule has 1 saturated heterocycles. The number of carbonyl (C=O) groups excluding carboxylic acids is 1. The lowest BCUT2D eigenvalue weighted by Gasteiger charge is -2.36. The number of nitriles is 1. The number of amides is 1. The van der Waals surface area contributed by atoms with Crippen LogP contribution in [0.4, 0.5) is 5.69 Å². The second-order valence-corrected chi connectivity index (χ2v) is 7.41. The fraction of sp³-hybridized carbons (Fsp3) is 0.261. The fourth-order valence-corrected chi connectivity index (χ4v) is 3.66. The highest BCUT2D eigenvalue weighted by molar-refractivity contribution is 6.32. The predicted octanol–water partition coefficient (Wildman–Crippen LogP) is 3.07. The van der Waals surface area contributed by atoms with Crippen LogP contribution in [0.15, 0.2) is 48.0 Å². The third-order valence-corrected chi connectivity index (χ3v) is 5.22. The summed E-state index contributed by atoms with van der Waals surface area (Å²) in [6.07, 6.45) is 1.43. The first kappa shape index (κ1) is 23.0. The van der Waals surface area contributed by atoms with Crippen molar-refractivity contribution in [2.24, 2.45) is 0 Å². The number of carboxylic acid groups (broad SMARTS) is 1. The zero-order valence-electron chi connectivity index (χ0n) is 17.5. The van der Waals surface area contributed by atoms with E-state index in [0.29, 0.717) is 31.7 Å². The van der Waals surface area contributed by atoms with Crippen LogP contribution in [0.2, 0.25) is 5.02 Å². The number of piperazine rings is 1. The second-order valence-electron chi connectivity index (χ2n) is 7.00. The van der Waals surface area contributed by atoms with Crippen LogP contribution < -0.4 is 14.4 Å². The van der Waals surface area contributed by atoms with Crippen molar-refractivity contribution >= 4 is 35.2 Å². The van der Waals surface area contributed by atoms with Gasteiger partial charge in [-0.15, -0.1) is 0 Å². The number of nitrogens with zero attached hydrogens (tertiary/aromatic N) is 3. The van der Waals surface area contributed by atoms with Crippen molar-refractivity contribution < 1.29 is 24.2 Å². The molecule has 166 valence electrons. The normalized spacial score (nSPS) is 14.0. The van der Waals surface area contributed by atoms with E-state index < -0.39 is 12.6 Å². The van der Waals surface area contributed by atoms with Gasteiger partial charge in [-0.05, 0) is 35.9 Å². The molecular formula is C23H22ClN3O5. The quantitative estimate of drug-likeness (QED) is 0.505. The molecule has 0 aromatic heterocycles. The van der Waals surface area contributed by atoms with Crippen LogP contribution in [0, 0.1) is 11.3 Å². The number of hydrogen-bond acceptors (Lipinski definition) is 6.